The molecule has 0 atom stereocenters. The SMILES string of the molecule is CCCNc1ncnc(NCCCCCSC)c1C(C)C. The first-order chi connectivity index (χ1) is 10.2. The average Bonchev–Trinajstić information content (AvgIpc) is 2.48. The molecule has 0 aliphatic rings. The number of hydrogen-bond donors (Lipinski definition) is 2. The molecule has 0 saturated carbocycles. The quantitative estimate of drug-likeness (QED) is 0.594. The average molecular weight is 311 g/mol. The van der Waals surface area contributed by atoms with Gasteiger partial charge in [0, 0.05) is 18.7 Å². The second-order valence-electron chi connectivity index (χ2n) is 5.55. The molecule has 0 radical (unpaired) electrons. The zero-order valence-corrected chi connectivity index (χ0v) is 14.7. The summed E-state index contributed by atoms with van der Waals surface area (Å²) in [6.07, 6.45) is 8.68. The van der Waals surface area contributed by atoms with Gasteiger partial charge in [-0.2, -0.15) is 11.8 Å². The molecule has 1 aromatic rings. The van der Waals surface area contributed by atoms with E-state index in [2.05, 4.69) is 47.6 Å². The van der Waals surface area contributed by atoms with Crippen molar-refractivity contribution in [3.8, 4) is 0 Å². The van der Waals surface area contributed by atoms with Gasteiger partial charge in [-0.3, -0.25) is 0 Å². The van der Waals surface area contributed by atoms with Gasteiger partial charge in [-0.25, -0.2) is 9.97 Å². The number of aromatic nitrogens is 2. The predicted octanol–water partition coefficient (Wildman–Crippen LogP) is 4.37. The predicted molar refractivity (Wildman–Crippen MR) is 95.6 cm³/mol. The standard InChI is InChI=1S/C16H30N4S/c1-5-9-17-15-14(13(2)3)16(20-12-19-15)18-10-7-6-8-11-21-4/h12-13H,5-11H2,1-4H3,(H2,17,18,19,20). The van der Waals surface area contributed by atoms with E-state index < -0.39 is 0 Å². The third-order valence-corrected chi connectivity index (χ3v) is 4.02. The van der Waals surface area contributed by atoms with E-state index >= 15 is 0 Å². The van der Waals surface area contributed by atoms with Gasteiger partial charge in [0.25, 0.3) is 0 Å². The molecule has 1 heterocycles. The highest BCUT2D eigenvalue weighted by Gasteiger charge is 2.14. The van der Waals surface area contributed by atoms with Crippen molar-refractivity contribution in [1.29, 1.82) is 0 Å². The number of nitrogens with one attached hydrogen (secondary N) is 2. The van der Waals surface area contributed by atoms with Crippen LogP contribution < -0.4 is 10.6 Å². The fourth-order valence-electron chi connectivity index (χ4n) is 2.22. The maximum Gasteiger partial charge on any atom is 0.134 e. The molecule has 0 aromatic carbocycles. The number of rotatable bonds is 11. The van der Waals surface area contributed by atoms with Crippen LogP contribution in [0.1, 0.15) is 57.9 Å². The Hall–Kier alpha value is -0.970. The largest absolute Gasteiger partial charge is 0.370 e. The molecule has 2 N–H and O–H groups in total. The highest BCUT2D eigenvalue weighted by atomic mass is 32.2. The Morgan fingerprint density at radius 2 is 1.71 bits per heavy atom. The fourth-order valence-corrected chi connectivity index (χ4v) is 2.72. The van der Waals surface area contributed by atoms with Gasteiger partial charge < -0.3 is 10.6 Å². The summed E-state index contributed by atoms with van der Waals surface area (Å²) in [7, 11) is 0. The monoisotopic (exact) mass is 310 g/mol. The van der Waals surface area contributed by atoms with Crippen LogP contribution in [-0.4, -0.2) is 35.1 Å². The Morgan fingerprint density at radius 3 is 2.29 bits per heavy atom. The van der Waals surface area contributed by atoms with E-state index in [1.165, 1.54) is 30.6 Å². The highest BCUT2D eigenvalue weighted by molar-refractivity contribution is 7.98. The molecule has 0 aliphatic heterocycles. The van der Waals surface area contributed by atoms with Gasteiger partial charge >= 0.3 is 0 Å². The van der Waals surface area contributed by atoms with Crippen LogP contribution >= 0.6 is 11.8 Å². The van der Waals surface area contributed by atoms with Crippen LogP contribution in [0.15, 0.2) is 6.33 Å². The van der Waals surface area contributed by atoms with E-state index in [1.807, 2.05) is 11.8 Å². The van der Waals surface area contributed by atoms with Gasteiger partial charge in [0.15, 0.2) is 0 Å². The van der Waals surface area contributed by atoms with Crippen molar-refractivity contribution >= 4 is 23.4 Å². The molecule has 1 rings (SSSR count). The summed E-state index contributed by atoms with van der Waals surface area (Å²) in [5, 5.41) is 6.90. The lowest BCUT2D eigenvalue weighted by molar-refractivity contribution is 0.745. The fraction of sp³-hybridized carbons (Fsp3) is 0.750. The normalized spacial score (nSPS) is 10.9. The number of thioether (sulfide) groups is 1. The third-order valence-electron chi connectivity index (χ3n) is 3.32. The van der Waals surface area contributed by atoms with Crippen LogP contribution in [0.25, 0.3) is 0 Å². The Kier molecular flexibility index (Phi) is 9.22. The van der Waals surface area contributed by atoms with Gasteiger partial charge in [-0.05, 0) is 37.2 Å². The van der Waals surface area contributed by atoms with Crippen LogP contribution in [0.5, 0.6) is 0 Å². The summed E-state index contributed by atoms with van der Waals surface area (Å²) in [6, 6.07) is 0. The molecule has 0 amide bonds. The second-order valence-corrected chi connectivity index (χ2v) is 6.53. The zero-order valence-electron chi connectivity index (χ0n) is 13.9. The van der Waals surface area contributed by atoms with E-state index in [0.717, 1.165) is 31.1 Å². The first-order valence-electron chi connectivity index (χ1n) is 8.02. The molecule has 21 heavy (non-hydrogen) atoms. The molecule has 0 spiro atoms. The Balaban J connectivity index is 2.59. The summed E-state index contributed by atoms with van der Waals surface area (Å²) in [5.41, 5.74) is 1.20. The van der Waals surface area contributed by atoms with Crippen molar-refractivity contribution in [2.24, 2.45) is 0 Å². The van der Waals surface area contributed by atoms with Gasteiger partial charge in [0.05, 0.1) is 0 Å². The summed E-state index contributed by atoms with van der Waals surface area (Å²) in [6.45, 7) is 8.49. The summed E-state index contributed by atoms with van der Waals surface area (Å²) < 4.78 is 0. The molecule has 0 aliphatic carbocycles. The van der Waals surface area contributed by atoms with Gasteiger partial charge in [0.2, 0.25) is 0 Å². The van der Waals surface area contributed by atoms with Crippen molar-refractivity contribution in [1.82, 2.24) is 9.97 Å². The highest BCUT2D eigenvalue weighted by Crippen LogP contribution is 2.28. The van der Waals surface area contributed by atoms with Crippen LogP contribution in [0.4, 0.5) is 11.6 Å². The molecule has 5 heteroatoms. The molecule has 120 valence electrons. The first-order valence-corrected chi connectivity index (χ1v) is 9.41. The van der Waals surface area contributed by atoms with Crippen molar-refractivity contribution < 1.29 is 0 Å². The minimum atomic E-state index is 0.407. The Morgan fingerprint density at radius 1 is 1.05 bits per heavy atom. The van der Waals surface area contributed by atoms with E-state index in [0.29, 0.717) is 5.92 Å². The van der Waals surface area contributed by atoms with E-state index in [1.54, 1.807) is 6.33 Å². The minimum absolute atomic E-state index is 0.407. The van der Waals surface area contributed by atoms with Crippen molar-refractivity contribution in [3.05, 3.63) is 11.9 Å². The Labute approximate surface area is 133 Å². The number of nitrogens with zero attached hydrogens (tertiary/aromatic N) is 2. The molecular weight excluding hydrogens is 280 g/mol. The van der Waals surface area contributed by atoms with Crippen molar-refractivity contribution in [2.75, 3.05) is 35.7 Å². The molecule has 4 nitrogen and oxygen atoms in total. The van der Waals surface area contributed by atoms with E-state index in [9.17, 15) is 0 Å². The summed E-state index contributed by atoms with van der Waals surface area (Å²) in [5.74, 6) is 3.63. The third kappa shape index (κ3) is 6.55. The summed E-state index contributed by atoms with van der Waals surface area (Å²) >= 11 is 1.92. The second kappa shape index (κ2) is 10.7. The van der Waals surface area contributed by atoms with E-state index in [4.69, 9.17) is 0 Å². The molecular formula is C16H30N4S. The molecule has 0 fully saturated rings. The van der Waals surface area contributed by atoms with Crippen LogP contribution in [0, 0.1) is 0 Å². The van der Waals surface area contributed by atoms with Crippen LogP contribution in [-0.2, 0) is 0 Å². The first kappa shape index (κ1) is 18.1. The summed E-state index contributed by atoms with van der Waals surface area (Å²) in [4.78, 5) is 8.84. The van der Waals surface area contributed by atoms with Crippen molar-refractivity contribution in [3.63, 3.8) is 0 Å². The topological polar surface area (TPSA) is 49.8 Å². The minimum Gasteiger partial charge on any atom is -0.370 e. The molecule has 1 aromatic heterocycles. The molecule has 0 unspecified atom stereocenters. The Bertz CT molecular complexity index is 396. The van der Waals surface area contributed by atoms with Gasteiger partial charge in [-0.1, -0.05) is 27.2 Å². The van der Waals surface area contributed by atoms with E-state index in [-0.39, 0.29) is 0 Å². The van der Waals surface area contributed by atoms with Gasteiger partial charge in [0.1, 0.15) is 18.0 Å². The lowest BCUT2D eigenvalue weighted by Gasteiger charge is -2.17. The van der Waals surface area contributed by atoms with Gasteiger partial charge in [-0.15, -0.1) is 0 Å². The number of anilines is 2. The number of hydrogen-bond acceptors (Lipinski definition) is 5. The molecule has 0 bridgehead atoms. The van der Waals surface area contributed by atoms with Crippen LogP contribution in [0.2, 0.25) is 0 Å². The van der Waals surface area contributed by atoms with Crippen LogP contribution in [0.3, 0.4) is 0 Å². The molecule has 0 saturated heterocycles. The maximum atomic E-state index is 4.44. The zero-order chi connectivity index (χ0) is 15.5. The smallest absolute Gasteiger partial charge is 0.134 e. The lowest BCUT2D eigenvalue weighted by atomic mass is 10.0. The maximum absolute atomic E-state index is 4.44. The number of unbranched alkanes of at least 4 members (excludes halogenated alkanes) is 2. The lowest BCUT2D eigenvalue weighted by Crippen LogP contribution is -2.12. The van der Waals surface area contributed by atoms with Crippen molar-refractivity contribution in [2.45, 2.75) is 52.4 Å².